The average molecular weight is 348 g/mol. The Labute approximate surface area is 144 Å². The van der Waals surface area contributed by atoms with Crippen LogP contribution in [0.4, 0.5) is 18.9 Å². The molecule has 0 aromatic heterocycles. The molecule has 0 unspecified atom stereocenters. The lowest BCUT2D eigenvalue weighted by atomic mass is 9.95. The highest BCUT2D eigenvalue weighted by atomic mass is 19.1. The second-order valence-corrected chi connectivity index (χ2v) is 6.26. The zero-order valence-electron chi connectivity index (χ0n) is 13.6. The number of nitrogens with one attached hydrogen (secondary N) is 1. The summed E-state index contributed by atoms with van der Waals surface area (Å²) in [6.45, 7) is 2.10. The van der Waals surface area contributed by atoms with Gasteiger partial charge < -0.3 is 5.32 Å². The minimum atomic E-state index is -0.776. The highest BCUT2D eigenvalue weighted by Crippen LogP contribution is 2.23. The molecule has 1 saturated heterocycles. The molecule has 3 nitrogen and oxygen atoms in total. The van der Waals surface area contributed by atoms with E-state index in [-0.39, 0.29) is 23.3 Å². The van der Waals surface area contributed by atoms with Crippen LogP contribution in [-0.2, 0) is 11.3 Å². The fourth-order valence-corrected chi connectivity index (χ4v) is 3.04. The molecule has 1 fully saturated rings. The zero-order valence-corrected chi connectivity index (χ0v) is 13.6. The molecule has 1 N–H and O–H groups in total. The molecule has 132 valence electrons. The number of anilines is 1. The first-order chi connectivity index (χ1) is 12.0. The number of rotatable bonds is 4. The van der Waals surface area contributed by atoms with Crippen LogP contribution in [0.1, 0.15) is 18.4 Å². The van der Waals surface area contributed by atoms with Gasteiger partial charge in [-0.1, -0.05) is 18.2 Å². The summed E-state index contributed by atoms with van der Waals surface area (Å²) < 4.78 is 40.2. The number of benzene rings is 2. The quantitative estimate of drug-likeness (QED) is 0.907. The first-order valence-electron chi connectivity index (χ1n) is 8.24. The van der Waals surface area contributed by atoms with E-state index in [2.05, 4.69) is 10.2 Å². The summed E-state index contributed by atoms with van der Waals surface area (Å²) in [4.78, 5) is 14.5. The van der Waals surface area contributed by atoms with Crippen LogP contribution >= 0.6 is 0 Å². The Bertz CT molecular complexity index is 721. The molecule has 1 amide bonds. The second-order valence-electron chi connectivity index (χ2n) is 6.26. The predicted octanol–water partition coefficient (Wildman–Crippen LogP) is 3.95. The van der Waals surface area contributed by atoms with Crippen LogP contribution in [-0.4, -0.2) is 23.9 Å². The van der Waals surface area contributed by atoms with Gasteiger partial charge in [-0.15, -0.1) is 0 Å². The fourth-order valence-electron chi connectivity index (χ4n) is 3.04. The van der Waals surface area contributed by atoms with Crippen molar-refractivity contribution in [3.05, 3.63) is 65.5 Å². The van der Waals surface area contributed by atoms with Crippen LogP contribution in [0.25, 0.3) is 0 Å². The van der Waals surface area contributed by atoms with Gasteiger partial charge in [0.25, 0.3) is 0 Å². The van der Waals surface area contributed by atoms with E-state index in [1.165, 1.54) is 18.2 Å². The molecule has 0 radical (unpaired) electrons. The third-order valence-corrected chi connectivity index (χ3v) is 4.49. The summed E-state index contributed by atoms with van der Waals surface area (Å²) >= 11 is 0. The largest absolute Gasteiger partial charge is 0.321 e. The number of hydrogen-bond acceptors (Lipinski definition) is 2. The Morgan fingerprint density at radius 1 is 1.00 bits per heavy atom. The minimum absolute atomic E-state index is 0.264. The summed E-state index contributed by atoms with van der Waals surface area (Å²) in [6.07, 6.45) is 1.23. The van der Waals surface area contributed by atoms with Crippen LogP contribution in [0.5, 0.6) is 0 Å². The Morgan fingerprint density at radius 2 is 1.60 bits per heavy atom. The Morgan fingerprint density at radius 3 is 2.20 bits per heavy atom. The number of para-hydroxylation sites is 1. The van der Waals surface area contributed by atoms with E-state index in [1.54, 1.807) is 12.1 Å². The number of carbonyl (C=O) groups excluding carboxylic acids is 1. The van der Waals surface area contributed by atoms with Gasteiger partial charge in [0, 0.05) is 12.5 Å². The van der Waals surface area contributed by atoms with Crippen molar-refractivity contribution in [1.29, 1.82) is 0 Å². The first kappa shape index (κ1) is 17.5. The Balaban J connectivity index is 1.53. The normalized spacial score (nSPS) is 16.0. The van der Waals surface area contributed by atoms with Gasteiger partial charge in [0.1, 0.15) is 23.1 Å². The van der Waals surface area contributed by atoms with E-state index < -0.39 is 11.6 Å². The van der Waals surface area contributed by atoms with Crippen LogP contribution < -0.4 is 5.32 Å². The van der Waals surface area contributed by atoms with Crippen molar-refractivity contribution < 1.29 is 18.0 Å². The highest BCUT2D eigenvalue weighted by Gasteiger charge is 2.26. The molecule has 1 aliphatic rings. The topological polar surface area (TPSA) is 32.3 Å². The number of piperidine rings is 1. The molecule has 6 heteroatoms. The molecule has 0 atom stereocenters. The Kier molecular flexibility index (Phi) is 5.38. The van der Waals surface area contributed by atoms with E-state index in [0.29, 0.717) is 32.5 Å². The van der Waals surface area contributed by atoms with Gasteiger partial charge >= 0.3 is 0 Å². The molecule has 0 aliphatic carbocycles. The van der Waals surface area contributed by atoms with Crippen molar-refractivity contribution in [2.75, 3.05) is 18.4 Å². The zero-order chi connectivity index (χ0) is 17.8. The van der Waals surface area contributed by atoms with Gasteiger partial charge in [-0.25, -0.2) is 13.2 Å². The second kappa shape index (κ2) is 7.70. The smallest absolute Gasteiger partial charge is 0.227 e. The molecule has 2 aromatic carbocycles. The number of nitrogens with zero attached hydrogens (tertiary/aromatic N) is 1. The van der Waals surface area contributed by atoms with E-state index in [1.807, 2.05) is 0 Å². The van der Waals surface area contributed by atoms with E-state index in [4.69, 9.17) is 0 Å². The molecule has 0 bridgehead atoms. The lowest BCUT2D eigenvalue weighted by molar-refractivity contribution is -0.121. The van der Waals surface area contributed by atoms with Crippen LogP contribution in [0.3, 0.4) is 0 Å². The number of carbonyl (C=O) groups is 1. The van der Waals surface area contributed by atoms with Crippen molar-refractivity contribution in [1.82, 2.24) is 4.90 Å². The van der Waals surface area contributed by atoms with Gasteiger partial charge in [-0.05, 0) is 55.8 Å². The monoisotopic (exact) mass is 348 g/mol. The van der Waals surface area contributed by atoms with Gasteiger partial charge in [0.15, 0.2) is 0 Å². The van der Waals surface area contributed by atoms with Gasteiger partial charge in [0.2, 0.25) is 5.91 Å². The van der Waals surface area contributed by atoms with E-state index >= 15 is 0 Å². The van der Waals surface area contributed by atoms with Crippen LogP contribution in [0.15, 0.2) is 42.5 Å². The van der Waals surface area contributed by atoms with Crippen molar-refractivity contribution in [2.45, 2.75) is 19.4 Å². The first-order valence-corrected chi connectivity index (χ1v) is 8.24. The number of halogens is 3. The van der Waals surface area contributed by atoms with Gasteiger partial charge in [0.05, 0.1) is 0 Å². The fraction of sp³-hybridized carbons (Fsp3) is 0.316. The summed E-state index contributed by atoms with van der Waals surface area (Å²) in [6, 6.07) is 9.84. The van der Waals surface area contributed by atoms with Crippen molar-refractivity contribution in [2.24, 2.45) is 5.92 Å². The molecular formula is C19H19F3N2O. The number of likely N-dealkylation sites (tertiary alicyclic amines) is 1. The summed E-state index contributed by atoms with van der Waals surface area (Å²) in [5.41, 5.74) is 0.624. The maximum Gasteiger partial charge on any atom is 0.227 e. The number of amides is 1. The maximum atomic E-state index is 13.6. The molecule has 1 heterocycles. The summed E-state index contributed by atoms with van der Waals surface area (Å²) in [5.74, 6) is -2.45. The number of hydrogen-bond donors (Lipinski definition) is 1. The molecule has 1 aliphatic heterocycles. The summed E-state index contributed by atoms with van der Waals surface area (Å²) in [7, 11) is 0. The standard InChI is InChI=1S/C19H19F3N2O/c20-15-6-4-13(5-7-15)12-24-10-8-14(9-11-24)19(25)23-18-16(21)2-1-3-17(18)22/h1-7,14H,8-12H2,(H,23,25). The SMILES string of the molecule is O=C(Nc1c(F)cccc1F)C1CCN(Cc2ccc(F)cc2)CC1. The molecule has 0 spiro atoms. The lowest BCUT2D eigenvalue weighted by Crippen LogP contribution is -2.38. The summed E-state index contributed by atoms with van der Waals surface area (Å²) in [5, 5.41) is 2.37. The average Bonchev–Trinajstić information content (AvgIpc) is 2.61. The van der Waals surface area contributed by atoms with E-state index in [9.17, 15) is 18.0 Å². The van der Waals surface area contributed by atoms with E-state index in [0.717, 1.165) is 17.7 Å². The third kappa shape index (κ3) is 4.39. The predicted molar refractivity (Wildman–Crippen MR) is 89.4 cm³/mol. The minimum Gasteiger partial charge on any atom is -0.321 e. The third-order valence-electron chi connectivity index (χ3n) is 4.49. The van der Waals surface area contributed by atoms with Crippen molar-refractivity contribution >= 4 is 11.6 Å². The van der Waals surface area contributed by atoms with Crippen molar-refractivity contribution in [3.63, 3.8) is 0 Å². The van der Waals surface area contributed by atoms with Gasteiger partial charge in [-0.3, -0.25) is 9.69 Å². The molecule has 0 saturated carbocycles. The van der Waals surface area contributed by atoms with Crippen molar-refractivity contribution in [3.8, 4) is 0 Å². The lowest BCUT2D eigenvalue weighted by Gasteiger charge is -2.31. The molecule has 2 aromatic rings. The molecular weight excluding hydrogens is 329 g/mol. The Hall–Kier alpha value is -2.34. The van der Waals surface area contributed by atoms with Crippen LogP contribution in [0, 0.1) is 23.4 Å². The highest BCUT2D eigenvalue weighted by molar-refractivity contribution is 5.92. The molecule has 25 heavy (non-hydrogen) atoms. The molecule has 3 rings (SSSR count). The van der Waals surface area contributed by atoms with Crippen LogP contribution in [0.2, 0.25) is 0 Å². The van der Waals surface area contributed by atoms with Gasteiger partial charge in [-0.2, -0.15) is 0 Å². The maximum absolute atomic E-state index is 13.6.